The van der Waals surface area contributed by atoms with Gasteiger partial charge < -0.3 is 10.2 Å². The molecule has 2 fully saturated rings. The number of hydrogen-bond donors (Lipinski definition) is 2. The SMILES string of the molecule is CC(C)=CCC[C@H](C(=O)O)[C@@H]1CC[C@]2(C)C3=C(CC[C@]12C)[C@]1(C)CC[C@@H](O)C(C)(C)[C@@H]1CC3. The number of aliphatic carboxylic acids is 1. The average Bonchev–Trinajstić information content (AvgIpc) is 3.00. The number of rotatable bonds is 5. The molecule has 0 aromatic carbocycles. The summed E-state index contributed by atoms with van der Waals surface area (Å²) in [6.45, 7) is 16.2. The van der Waals surface area contributed by atoms with Crippen LogP contribution in [0.2, 0.25) is 0 Å². The van der Waals surface area contributed by atoms with Gasteiger partial charge in [-0.2, -0.15) is 0 Å². The molecule has 0 bridgehead atoms. The fourth-order valence-electron chi connectivity index (χ4n) is 9.41. The number of carboxylic acids is 1. The molecule has 2 N–H and O–H groups in total. The van der Waals surface area contributed by atoms with Gasteiger partial charge in [0.2, 0.25) is 0 Å². The third kappa shape index (κ3) is 3.58. The van der Waals surface area contributed by atoms with Crippen LogP contribution in [0.5, 0.6) is 0 Å². The van der Waals surface area contributed by atoms with Crippen LogP contribution in [0.3, 0.4) is 0 Å². The molecule has 0 aromatic heterocycles. The van der Waals surface area contributed by atoms with Gasteiger partial charge in [0.15, 0.2) is 0 Å². The fraction of sp³-hybridized carbons (Fsp3) is 0.833. The lowest BCUT2D eigenvalue weighted by molar-refractivity contribution is -0.146. The smallest absolute Gasteiger partial charge is 0.306 e. The van der Waals surface area contributed by atoms with E-state index in [1.54, 1.807) is 11.1 Å². The Labute approximate surface area is 202 Å². The van der Waals surface area contributed by atoms with Gasteiger partial charge >= 0.3 is 5.97 Å². The molecule has 186 valence electrons. The van der Waals surface area contributed by atoms with Gasteiger partial charge in [-0.15, -0.1) is 0 Å². The average molecular weight is 457 g/mol. The van der Waals surface area contributed by atoms with E-state index in [1.165, 1.54) is 12.0 Å². The minimum absolute atomic E-state index is 0.0370. The molecule has 0 aromatic rings. The van der Waals surface area contributed by atoms with Gasteiger partial charge in [-0.05, 0) is 112 Å². The first-order chi connectivity index (χ1) is 15.3. The Balaban J connectivity index is 1.69. The lowest BCUT2D eigenvalue weighted by atomic mass is 9.43. The van der Waals surface area contributed by atoms with Crippen LogP contribution < -0.4 is 0 Å². The number of fused-ring (bicyclic) bond motifs is 4. The highest BCUT2D eigenvalue weighted by molar-refractivity contribution is 5.70. The Hall–Kier alpha value is -1.09. The third-order valence-corrected chi connectivity index (χ3v) is 11.6. The van der Waals surface area contributed by atoms with Crippen molar-refractivity contribution < 1.29 is 15.0 Å². The Kier molecular flexibility index (Phi) is 6.25. The highest BCUT2D eigenvalue weighted by Gasteiger charge is 2.64. The number of aliphatic hydroxyl groups excluding tert-OH is 1. The van der Waals surface area contributed by atoms with Gasteiger partial charge in [0, 0.05) is 0 Å². The molecule has 3 nitrogen and oxygen atoms in total. The summed E-state index contributed by atoms with van der Waals surface area (Å²) in [5.41, 5.74) is 5.00. The minimum atomic E-state index is -0.592. The van der Waals surface area contributed by atoms with Crippen molar-refractivity contribution in [2.75, 3.05) is 0 Å². The lowest BCUT2D eigenvalue weighted by Gasteiger charge is -2.62. The number of allylic oxidation sites excluding steroid dienone is 4. The van der Waals surface area contributed by atoms with E-state index in [0.717, 1.165) is 57.8 Å². The summed E-state index contributed by atoms with van der Waals surface area (Å²) >= 11 is 0. The molecule has 0 amide bonds. The summed E-state index contributed by atoms with van der Waals surface area (Å²) in [4.78, 5) is 12.5. The monoisotopic (exact) mass is 456 g/mol. The quantitative estimate of drug-likeness (QED) is 0.420. The van der Waals surface area contributed by atoms with Crippen molar-refractivity contribution in [1.82, 2.24) is 0 Å². The molecule has 33 heavy (non-hydrogen) atoms. The molecule has 7 atom stereocenters. The van der Waals surface area contributed by atoms with Crippen LogP contribution in [0.15, 0.2) is 22.8 Å². The molecular formula is C30H48O3. The number of hydrogen-bond acceptors (Lipinski definition) is 2. The van der Waals surface area contributed by atoms with Gasteiger partial charge in [0.1, 0.15) is 0 Å². The Morgan fingerprint density at radius 2 is 1.70 bits per heavy atom. The van der Waals surface area contributed by atoms with Crippen molar-refractivity contribution in [3.05, 3.63) is 22.8 Å². The van der Waals surface area contributed by atoms with E-state index in [1.807, 2.05) is 0 Å². The molecule has 2 saturated carbocycles. The zero-order valence-electron chi connectivity index (χ0n) is 22.3. The van der Waals surface area contributed by atoms with Gasteiger partial charge in [0.25, 0.3) is 0 Å². The fourth-order valence-corrected chi connectivity index (χ4v) is 9.41. The summed E-state index contributed by atoms with van der Waals surface area (Å²) < 4.78 is 0. The maximum absolute atomic E-state index is 12.5. The zero-order chi connectivity index (χ0) is 24.4. The van der Waals surface area contributed by atoms with E-state index in [0.29, 0.717) is 5.92 Å². The summed E-state index contributed by atoms with van der Waals surface area (Å²) in [5, 5.41) is 21.0. The Morgan fingerprint density at radius 1 is 1.00 bits per heavy atom. The molecule has 0 aliphatic heterocycles. The van der Waals surface area contributed by atoms with E-state index in [9.17, 15) is 15.0 Å². The number of carboxylic acid groups (broad SMARTS) is 1. The molecule has 0 heterocycles. The van der Waals surface area contributed by atoms with E-state index in [4.69, 9.17) is 0 Å². The maximum Gasteiger partial charge on any atom is 0.306 e. The van der Waals surface area contributed by atoms with Gasteiger partial charge in [-0.1, -0.05) is 57.4 Å². The Morgan fingerprint density at radius 3 is 2.33 bits per heavy atom. The molecule has 0 spiro atoms. The van der Waals surface area contributed by atoms with Gasteiger partial charge in [-0.25, -0.2) is 0 Å². The second-order valence-corrected chi connectivity index (χ2v) is 13.5. The van der Waals surface area contributed by atoms with Crippen molar-refractivity contribution in [1.29, 1.82) is 0 Å². The van der Waals surface area contributed by atoms with E-state index in [-0.39, 0.29) is 39.6 Å². The van der Waals surface area contributed by atoms with Crippen molar-refractivity contribution in [3.63, 3.8) is 0 Å². The van der Waals surface area contributed by atoms with Crippen LogP contribution in [-0.2, 0) is 4.79 Å². The molecule has 3 heteroatoms. The van der Waals surface area contributed by atoms with Crippen molar-refractivity contribution in [2.45, 2.75) is 119 Å². The predicted octanol–water partition coefficient (Wildman–Crippen LogP) is 7.54. The lowest BCUT2D eigenvalue weighted by Crippen LogP contribution is -2.55. The van der Waals surface area contributed by atoms with Crippen LogP contribution in [0.4, 0.5) is 0 Å². The molecule has 4 aliphatic rings. The molecule has 4 aliphatic carbocycles. The predicted molar refractivity (Wildman–Crippen MR) is 135 cm³/mol. The second kappa shape index (κ2) is 8.25. The van der Waals surface area contributed by atoms with Gasteiger partial charge in [-0.3, -0.25) is 4.79 Å². The van der Waals surface area contributed by atoms with Crippen LogP contribution in [0.1, 0.15) is 113 Å². The van der Waals surface area contributed by atoms with Crippen molar-refractivity contribution in [2.24, 2.45) is 39.4 Å². The topological polar surface area (TPSA) is 57.5 Å². The normalized spacial score (nSPS) is 42.7. The second-order valence-electron chi connectivity index (χ2n) is 13.5. The van der Waals surface area contributed by atoms with Crippen LogP contribution in [0, 0.1) is 39.4 Å². The summed E-state index contributed by atoms with van der Waals surface area (Å²) in [6, 6.07) is 0. The molecule has 0 saturated heterocycles. The van der Waals surface area contributed by atoms with E-state index in [2.05, 4.69) is 54.5 Å². The molecule has 4 rings (SSSR count). The third-order valence-electron chi connectivity index (χ3n) is 11.6. The minimum Gasteiger partial charge on any atom is -0.481 e. The molecule has 0 unspecified atom stereocenters. The summed E-state index contributed by atoms with van der Waals surface area (Å²) in [7, 11) is 0. The van der Waals surface area contributed by atoms with Gasteiger partial charge in [0.05, 0.1) is 12.0 Å². The van der Waals surface area contributed by atoms with Crippen LogP contribution in [-0.4, -0.2) is 22.3 Å². The highest BCUT2D eigenvalue weighted by Crippen LogP contribution is 2.72. The number of aliphatic hydroxyl groups is 1. The first kappa shape index (κ1) is 25.0. The molecule has 0 radical (unpaired) electrons. The van der Waals surface area contributed by atoms with Crippen LogP contribution in [0.25, 0.3) is 0 Å². The zero-order valence-corrected chi connectivity index (χ0v) is 22.3. The summed E-state index contributed by atoms with van der Waals surface area (Å²) in [6.07, 6.45) is 12.3. The van der Waals surface area contributed by atoms with Crippen molar-refractivity contribution >= 4 is 5.97 Å². The van der Waals surface area contributed by atoms with E-state index >= 15 is 0 Å². The molecular weight excluding hydrogens is 408 g/mol. The van der Waals surface area contributed by atoms with Crippen LogP contribution >= 0.6 is 0 Å². The standard InChI is InChI=1S/C30H48O3/c1-19(2)9-8-10-20(26(32)33)21-13-17-30(7)23-11-12-24-27(3,4)25(31)15-16-28(24,5)22(23)14-18-29(21,30)6/h9,20-21,24-25,31H,8,10-18H2,1-7H3,(H,32,33)/t20-,21-,24-,25+,28-,29+,30+/m0/s1. The highest BCUT2D eigenvalue weighted by atomic mass is 16.4. The maximum atomic E-state index is 12.5. The Bertz CT molecular complexity index is 862. The number of carbonyl (C=O) groups is 1. The first-order valence-corrected chi connectivity index (χ1v) is 13.6. The van der Waals surface area contributed by atoms with E-state index < -0.39 is 5.97 Å². The first-order valence-electron chi connectivity index (χ1n) is 13.6. The van der Waals surface area contributed by atoms with Crippen molar-refractivity contribution in [3.8, 4) is 0 Å². The summed E-state index contributed by atoms with van der Waals surface area (Å²) in [5.74, 6) is -0.0420. The largest absolute Gasteiger partial charge is 0.481 e.